The highest BCUT2D eigenvalue weighted by Crippen LogP contribution is 2.30. The summed E-state index contributed by atoms with van der Waals surface area (Å²) in [4.78, 5) is 15.0. The Morgan fingerprint density at radius 2 is 1.77 bits per heavy atom. The van der Waals surface area contributed by atoms with Gasteiger partial charge in [0.25, 0.3) is 0 Å². The molecule has 1 unspecified atom stereocenters. The van der Waals surface area contributed by atoms with Gasteiger partial charge >= 0.3 is 6.03 Å². The van der Waals surface area contributed by atoms with Crippen molar-refractivity contribution in [3.05, 3.63) is 89.7 Å². The Kier molecular flexibility index (Phi) is 4.48. The first-order valence-corrected chi connectivity index (χ1v) is 9.04. The quantitative estimate of drug-likeness (QED) is 0.738. The Hall–Kier alpha value is -3.01. The molecule has 1 atom stereocenters. The van der Waals surface area contributed by atoms with Gasteiger partial charge in [0, 0.05) is 30.7 Å². The second-order valence-corrected chi connectivity index (χ2v) is 6.77. The number of hydrogen-bond donors (Lipinski definition) is 1. The van der Waals surface area contributed by atoms with Crippen LogP contribution in [0.25, 0.3) is 0 Å². The van der Waals surface area contributed by atoms with Crippen molar-refractivity contribution in [2.24, 2.45) is 0 Å². The van der Waals surface area contributed by atoms with Gasteiger partial charge in [-0.3, -0.25) is 0 Å². The van der Waals surface area contributed by atoms with Crippen molar-refractivity contribution in [3.63, 3.8) is 0 Å². The van der Waals surface area contributed by atoms with E-state index in [0.717, 1.165) is 24.2 Å². The minimum atomic E-state index is -0.0346. The van der Waals surface area contributed by atoms with Crippen LogP contribution < -0.4 is 5.32 Å². The first kappa shape index (κ1) is 16.5. The second kappa shape index (κ2) is 7.08. The van der Waals surface area contributed by atoms with Gasteiger partial charge in [-0.25, -0.2) is 4.79 Å². The summed E-state index contributed by atoms with van der Waals surface area (Å²) in [6.45, 7) is 3.55. The SMILES string of the molecule is Cc1ccccc1NC(=O)N1CCn2cccc2C1Cc1ccccc1. The van der Waals surface area contributed by atoms with Crippen molar-refractivity contribution in [2.45, 2.75) is 25.9 Å². The van der Waals surface area contributed by atoms with Crippen LogP contribution in [0, 0.1) is 6.92 Å². The third-order valence-corrected chi connectivity index (χ3v) is 5.08. The number of nitrogens with zero attached hydrogens (tertiary/aromatic N) is 2. The molecule has 4 nitrogen and oxygen atoms in total. The molecule has 0 saturated carbocycles. The summed E-state index contributed by atoms with van der Waals surface area (Å²) < 4.78 is 2.26. The van der Waals surface area contributed by atoms with E-state index in [1.54, 1.807) is 0 Å². The van der Waals surface area contributed by atoms with Gasteiger partial charge in [-0.15, -0.1) is 0 Å². The monoisotopic (exact) mass is 345 g/mol. The lowest BCUT2D eigenvalue weighted by Gasteiger charge is -2.37. The Labute approximate surface area is 154 Å². The number of carbonyl (C=O) groups excluding carboxylic acids is 1. The lowest BCUT2D eigenvalue weighted by molar-refractivity contribution is 0.167. The molecule has 1 aliphatic heterocycles. The zero-order chi connectivity index (χ0) is 17.9. The molecule has 2 amide bonds. The van der Waals surface area contributed by atoms with E-state index in [1.807, 2.05) is 42.2 Å². The topological polar surface area (TPSA) is 37.3 Å². The number of carbonyl (C=O) groups is 1. The molecule has 0 saturated heterocycles. The van der Waals surface area contributed by atoms with E-state index in [9.17, 15) is 4.79 Å². The van der Waals surface area contributed by atoms with Gasteiger partial charge in [-0.1, -0.05) is 48.5 Å². The summed E-state index contributed by atoms with van der Waals surface area (Å²) in [5.41, 5.74) is 4.37. The highest BCUT2D eigenvalue weighted by Gasteiger charge is 2.31. The van der Waals surface area contributed by atoms with Crippen LogP contribution in [0.1, 0.15) is 22.9 Å². The molecule has 0 fully saturated rings. The van der Waals surface area contributed by atoms with Crippen molar-refractivity contribution in [1.29, 1.82) is 0 Å². The van der Waals surface area contributed by atoms with Crippen molar-refractivity contribution in [1.82, 2.24) is 9.47 Å². The van der Waals surface area contributed by atoms with Gasteiger partial charge in [-0.2, -0.15) is 0 Å². The van der Waals surface area contributed by atoms with Gasteiger partial charge < -0.3 is 14.8 Å². The summed E-state index contributed by atoms with van der Waals surface area (Å²) >= 11 is 0. The van der Waals surface area contributed by atoms with Crippen LogP contribution in [0.15, 0.2) is 72.9 Å². The number of fused-ring (bicyclic) bond motifs is 1. The van der Waals surface area contributed by atoms with E-state index in [0.29, 0.717) is 6.54 Å². The Morgan fingerprint density at radius 1 is 1.00 bits per heavy atom. The molecule has 4 rings (SSSR count). The fourth-order valence-electron chi connectivity index (χ4n) is 3.66. The maximum atomic E-state index is 13.1. The molecule has 1 aliphatic rings. The number of aromatic nitrogens is 1. The summed E-state index contributed by atoms with van der Waals surface area (Å²) in [5.74, 6) is 0. The van der Waals surface area contributed by atoms with Crippen LogP contribution in [0.3, 0.4) is 0 Å². The predicted molar refractivity (Wildman–Crippen MR) is 104 cm³/mol. The average molecular weight is 345 g/mol. The molecule has 2 aromatic carbocycles. The summed E-state index contributed by atoms with van der Waals surface area (Å²) in [6, 6.07) is 22.5. The van der Waals surface area contributed by atoms with Crippen molar-refractivity contribution in [2.75, 3.05) is 11.9 Å². The Morgan fingerprint density at radius 3 is 2.58 bits per heavy atom. The molecule has 0 radical (unpaired) electrons. The normalized spacial score (nSPS) is 16.2. The molecule has 0 spiro atoms. The molecular weight excluding hydrogens is 322 g/mol. The van der Waals surface area contributed by atoms with Gasteiger partial charge in [-0.05, 0) is 42.7 Å². The largest absolute Gasteiger partial charge is 0.348 e. The minimum absolute atomic E-state index is 0.0326. The molecule has 1 N–H and O–H groups in total. The molecule has 2 heterocycles. The number of amides is 2. The molecule has 3 aromatic rings. The van der Waals surface area contributed by atoms with Gasteiger partial charge in [0.1, 0.15) is 0 Å². The highest BCUT2D eigenvalue weighted by molar-refractivity contribution is 5.90. The van der Waals surface area contributed by atoms with Crippen LogP contribution in [0.4, 0.5) is 10.5 Å². The second-order valence-electron chi connectivity index (χ2n) is 6.77. The minimum Gasteiger partial charge on any atom is -0.348 e. The van der Waals surface area contributed by atoms with Gasteiger partial charge in [0.05, 0.1) is 6.04 Å². The number of urea groups is 1. The zero-order valence-corrected chi connectivity index (χ0v) is 14.9. The summed E-state index contributed by atoms with van der Waals surface area (Å²) in [7, 11) is 0. The summed E-state index contributed by atoms with van der Waals surface area (Å²) in [6.07, 6.45) is 2.91. The van der Waals surface area contributed by atoms with E-state index in [1.165, 1.54) is 11.3 Å². The van der Waals surface area contributed by atoms with Gasteiger partial charge in [0.15, 0.2) is 0 Å². The maximum Gasteiger partial charge on any atom is 0.322 e. The van der Waals surface area contributed by atoms with E-state index < -0.39 is 0 Å². The molecule has 0 bridgehead atoms. The lowest BCUT2D eigenvalue weighted by Crippen LogP contribution is -2.44. The van der Waals surface area contributed by atoms with Crippen LogP contribution >= 0.6 is 0 Å². The molecular formula is C22H23N3O. The molecule has 132 valence electrons. The number of rotatable bonds is 3. The van der Waals surface area contributed by atoms with Crippen molar-refractivity contribution >= 4 is 11.7 Å². The van der Waals surface area contributed by atoms with Crippen molar-refractivity contribution < 1.29 is 4.79 Å². The van der Waals surface area contributed by atoms with E-state index >= 15 is 0 Å². The Bertz CT molecular complexity index is 901. The lowest BCUT2D eigenvalue weighted by atomic mass is 10.0. The third kappa shape index (κ3) is 3.23. The number of hydrogen-bond acceptors (Lipinski definition) is 1. The maximum absolute atomic E-state index is 13.1. The Balaban J connectivity index is 1.61. The number of anilines is 1. The average Bonchev–Trinajstić information content (AvgIpc) is 3.14. The molecule has 26 heavy (non-hydrogen) atoms. The highest BCUT2D eigenvalue weighted by atomic mass is 16.2. The fraction of sp³-hybridized carbons (Fsp3) is 0.227. The predicted octanol–water partition coefficient (Wildman–Crippen LogP) is 4.63. The standard InChI is InChI=1S/C22H23N3O/c1-17-8-5-6-11-19(17)23-22(26)25-15-14-24-13-7-12-20(24)21(25)16-18-9-3-2-4-10-18/h2-13,21H,14-16H2,1H3,(H,23,26). The number of benzene rings is 2. The number of para-hydroxylation sites is 1. The van der Waals surface area contributed by atoms with Crippen LogP contribution in [0.2, 0.25) is 0 Å². The summed E-state index contributed by atoms with van der Waals surface area (Å²) in [5, 5.41) is 3.10. The first-order valence-electron chi connectivity index (χ1n) is 9.04. The van der Waals surface area contributed by atoms with Crippen molar-refractivity contribution in [3.8, 4) is 0 Å². The van der Waals surface area contributed by atoms with E-state index in [-0.39, 0.29) is 12.1 Å². The van der Waals surface area contributed by atoms with Crippen LogP contribution in [-0.4, -0.2) is 22.0 Å². The van der Waals surface area contributed by atoms with E-state index in [4.69, 9.17) is 0 Å². The molecule has 1 aromatic heterocycles. The first-order chi connectivity index (χ1) is 12.7. The third-order valence-electron chi connectivity index (χ3n) is 5.08. The van der Waals surface area contributed by atoms with Gasteiger partial charge in [0.2, 0.25) is 0 Å². The zero-order valence-electron chi connectivity index (χ0n) is 14.9. The number of aryl methyl sites for hydroxylation is 1. The van der Waals surface area contributed by atoms with Crippen LogP contribution in [-0.2, 0) is 13.0 Å². The molecule has 0 aliphatic carbocycles. The van der Waals surface area contributed by atoms with E-state index in [2.05, 4.69) is 52.5 Å². The number of nitrogens with one attached hydrogen (secondary N) is 1. The van der Waals surface area contributed by atoms with Crippen LogP contribution in [0.5, 0.6) is 0 Å². The smallest absolute Gasteiger partial charge is 0.322 e. The molecule has 4 heteroatoms. The fourth-order valence-corrected chi connectivity index (χ4v) is 3.66.